The van der Waals surface area contributed by atoms with Crippen LogP contribution in [0.5, 0.6) is 5.75 Å². The van der Waals surface area contributed by atoms with Crippen molar-refractivity contribution in [1.29, 1.82) is 0 Å². The van der Waals surface area contributed by atoms with Gasteiger partial charge in [-0.15, -0.1) is 0 Å². The van der Waals surface area contributed by atoms with Crippen molar-refractivity contribution >= 4 is 18.1 Å². The third-order valence-electron chi connectivity index (χ3n) is 3.17. The van der Waals surface area contributed by atoms with Gasteiger partial charge in [0.25, 0.3) is 0 Å². The van der Waals surface area contributed by atoms with E-state index in [0.29, 0.717) is 5.36 Å². The molecule has 2 aromatic rings. The minimum absolute atomic E-state index is 0.219. The van der Waals surface area contributed by atoms with Crippen molar-refractivity contribution in [2.75, 3.05) is 0 Å². The van der Waals surface area contributed by atoms with Crippen LogP contribution < -0.4 is 10.6 Å². The van der Waals surface area contributed by atoms with Crippen LogP contribution in [0.3, 0.4) is 0 Å². The molecule has 1 N–H and O–H groups in total. The SMILES string of the molecule is Oc1cc2c(c3c1=Nc1ccccc1-3)C=NC=2. The quantitative estimate of drug-likeness (QED) is 0.613. The Morgan fingerprint density at radius 2 is 2.00 bits per heavy atom. The number of hydrogen-bond acceptors (Lipinski definition) is 3. The Bertz CT molecular complexity index is 804. The predicted octanol–water partition coefficient (Wildman–Crippen LogP) is 1.49. The fourth-order valence-electron chi connectivity index (χ4n) is 2.42. The van der Waals surface area contributed by atoms with Crippen LogP contribution in [0.1, 0.15) is 5.56 Å². The molecule has 0 bridgehead atoms. The monoisotopic (exact) mass is 220 g/mol. The van der Waals surface area contributed by atoms with Crippen LogP contribution in [0.2, 0.25) is 0 Å². The van der Waals surface area contributed by atoms with Crippen molar-refractivity contribution < 1.29 is 5.11 Å². The molecule has 2 aromatic carbocycles. The van der Waals surface area contributed by atoms with Crippen molar-refractivity contribution in [3.8, 4) is 16.9 Å². The topological polar surface area (TPSA) is 45.0 Å². The minimum atomic E-state index is 0.219. The fourth-order valence-corrected chi connectivity index (χ4v) is 2.42. The zero-order chi connectivity index (χ0) is 11.4. The van der Waals surface area contributed by atoms with Crippen molar-refractivity contribution in [2.24, 2.45) is 9.98 Å². The van der Waals surface area contributed by atoms with E-state index < -0.39 is 0 Å². The molecule has 0 fully saturated rings. The Hall–Kier alpha value is -2.42. The number of aromatic hydroxyl groups is 1. The van der Waals surface area contributed by atoms with Crippen LogP contribution in [0, 0.1) is 0 Å². The molecule has 2 heterocycles. The van der Waals surface area contributed by atoms with Gasteiger partial charge in [-0.05, 0) is 12.1 Å². The second-order valence-electron chi connectivity index (χ2n) is 4.16. The van der Waals surface area contributed by atoms with Gasteiger partial charge in [-0.2, -0.15) is 0 Å². The molecule has 0 radical (unpaired) electrons. The van der Waals surface area contributed by atoms with E-state index in [2.05, 4.69) is 9.98 Å². The van der Waals surface area contributed by atoms with Gasteiger partial charge in [-0.25, -0.2) is 4.99 Å². The summed E-state index contributed by atoms with van der Waals surface area (Å²) in [7, 11) is 0. The summed E-state index contributed by atoms with van der Waals surface area (Å²) in [4.78, 5) is 8.61. The molecule has 0 aliphatic carbocycles. The Labute approximate surface area is 97.1 Å². The van der Waals surface area contributed by atoms with Gasteiger partial charge in [0, 0.05) is 34.3 Å². The number of nitrogens with zero attached hydrogens (tertiary/aromatic N) is 2. The lowest BCUT2D eigenvalue weighted by atomic mass is 9.99. The summed E-state index contributed by atoms with van der Waals surface area (Å²) >= 11 is 0. The average Bonchev–Trinajstić information content (AvgIpc) is 2.91. The van der Waals surface area contributed by atoms with E-state index in [1.54, 1.807) is 12.3 Å². The number of aliphatic imine (C=N–C) groups is 1. The van der Waals surface area contributed by atoms with Gasteiger partial charge in [-0.3, -0.25) is 4.99 Å². The maximum Gasteiger partial charge on any atom is 0.142 e. The standard InChI is InChI=1S/C14H8N2O/c17-12-5-8-6-15-7-10(8)13-9-3-1-2-4-11(9)16-14(12)13/h1-7,17H. The normalized spacial score (nSPS) is 13.6. The molecule has 80 valence electrons. The predicted molar refractivity (Wildman–Crippen MR) is 66.0 cm³/mol. The molecule has 0 saturated heterocycles. The van der Waals surface area contributed by atoms with E-state index in [1.165, 1.54) is 0 Å². The highest BCUT2D eigenvalue weighted by molar-refractivity contribution is 5.98. The fraction of sp³-hybridized carbons (Fsp3) is 0. The van der Waals surface area contributed by atoms with Crippen molar-refractivity contribution in [2.45, 2.75) is 0 Å². The molecule has 3 nitrogen and oxygen atoms in total. The summed E-state index contributed by atoms with van der Waals surface area (Å²) in [6.45, 7) is 0. The highest BCUT2D eigenvalue weighted by Crippen LogP contribution is 2.34. The first-order valence-electron chi connectivity index (χ1n) is 5.42. The Kier molecular flexibility index (Phi) is 1.45. The molecule has 3 heteroatoms. The molecular formula is C14H8N2O. The summed E-state index contributed by atoms with van der Waals surface area (Å²) < 4.78 is 0. The zero-order valence-electron chi connectivity index (χ0n) is 8.88. The summed E-state index contributed by atoms with van der Waals surface area (Å²) in [5.41, 5.74) is 4.02. The van der Waals surface area contributed by atoms with E-state index in [-0.39, 0.29) is 5.75 Å². The first-order valence-corrected chi connectivity index (χ1v) is 5.42. The van der Waals surface area contributed by atoms with Crippen LogP contribution in [0.15, 0.2) is 40.3 Å². The molecule has 0 atom stereocenters. The summed E-state index contributed by atoms with van der Waals surface area (Å²) in [5.74, 6) is 0.219. The number of hydrogen-bond donors (Lipinski definition) is 1. The minimum Gasteiger partial charge on any atom is -0.506 e. The van der Waals surface area contributed by atoms with E-state index >= 15 is 0 Å². The molecule has 17 heavy (non-hydrogen) atoms. The number of phenols is 1. The van der Waals surface area contributed by atoms with E-state index in [4.69, 9.17) is 0 Å². The number of phenolic OH excluding ortho intramolecular Hbond substituents is 1. The van der Waals surface area contributed by atoms with Gasteiger partial charge in [-0.1, -0.05) is 18.2 Å². The maximum absolute atomic E-state index is 10.00. The molecular weight excluding hydrogens is 212 g/mol. The van der Waals surface area contributed by atoms with Crippen LogP contribution in [0.4, 0.5) is 5.69 Å². The van der Waals surface area contributed by atoms with Gasteiger partial charge in [0.05, 0.1) is 5.69 Å². The molecule has 2 aliphatic rings. The van der Waals surface area contributed by atoms with Crippen molar-refractivity contribution in [1.82, 2.24) is 0 Å². The zero-order valence-corrected chi connectivity index (χ0v) is 8.88. The first kappa shape index (κ1) is 8.70. The summed E-state index contributed by atoms with van der Waals surface area (Å²) in [6.07, 6.45) is 3.58. The molecule has 0 unspecified atom stereocenters. The number of benzene rings is 2. The second-order valence-corrected chi connectivity index (χ2v) is 4.16. The van der Waals surface area contributed by atoms with E-state index in [0.717, 1.165) is 27.6 Å². The summed E-state index contributed by atoms with van der Waals surface area (Å²) in [6, 6.07) is 9.63. The van der Waals surface area contributed by atoms with Crippen LogP contribution in [-0.2, 0) is 0 Å². The van der Waals surface area contributed by atoms with Gasteiger partial charge >= 0.3 is 0 Å². The highest BCUT2D eigenvalue weighted by atomic mass is 16.3. The van der Waals surface area contributed by atoms with Crippen LogP contribution in [-0.4, -0.2) is 11.3 Å². The van der Waals surface area contributed by atoms with Crippen LogP contribution >= 0.6 is 0 Å². The second kappa shape index (κ2) is 2.83. The Morgan fingerprint density at radius 1 is 1.12 bits per heavy atom. The highest BCUT2D eigenvalue weighted by Gasteiger charge is 2.20. The molecule has 4 rings (SSSR count). The summed E-state index contributed by atoms with van der Waals surface area (Å²) in [5, 5.41) is 11.6. The largest absolute Gasteiger partial charge is 0.506 e. The molecule has 0 spiro atoms. The lowest BCUT2D eigenvalue weighted by molar-refractivity contribution is 0.468. The van der Waals surface area contributed by atoms with Gasteiger partial charge in [0.15, 0.2) is 0 Å². The number of fused-ring (bicyclic) bond motifs is 5. The van der Waals surface area contributed by atoms with Crippen LogP contribution in [0.25, 0.3) is 17.3 Å². The smallest absolute Gasteiger partial charge is 0.142 e. The average molecular weight is 220 g/mol. The molecule has 0 aromatic heterocycles. The van der Waals surface area contributed by atoms with Gasteiger partial charge < -0.3 is 5.11 Å². The van der Waals surface area contributed by atoms with Crippen molar-refractivity contribution in [3.63, 3.8) is 0 Å². The van der Waals surface area contributed by atoms with Gasteiger partial charge in [0.2, 0.25) is 0 Å². The number of para-hydroxylation sites is 1. The molecule has 0 saturated carbocycles. The lowest BCUT2D eigenvalue weighted by Gasteiger charge is -2.03. The first-order chi connectivity index (χ1) is 8.34. The third-order valence-corrected chi connectivity index (χ3v) is 3.17. The molecule has 2 aliphatic heterocycles. The maximum atomic E-state index is 10.00. The van der Waals surface area contributed by atoms with E-state index in [1.807, 2.05) is 30.5 Å². The lowest BCUT2D eigenvalue weighted by Crippen LogP contribution is -2.15. The Morgan fingerprint density at radius 3 is 2.94 bits per heavy atom. The Balaban J connectivity index is 2.25. The van der Waals surface area contributed by atoms with Crippen molar-refractivity contribution in [3.05, 3.63) is 46.5 Å². The molecule has 0 amide bonds. The van der Waals surface area contributed by atoms with E-state index in [9.17, 15) is 5.11 Å². The van der Waals surface area contributed by atoms with Gasteiger partial charge in [0.1, 0.15) is 11.1 Å². The number of rotatable bonds is 0. The third kappa shape index (κ3) is 1.00.